The molecule has 0 radical (unpaired) electrons. The molecule has 2 heterocycles. The van der Waals surface area contributed by atoms with Crippen LogP contribution in [0.15, 0.2) is 17.0 Å². The van der Waals surface area contributed by atoms with Gasteiger partial charge in [-0.3, -0.25) is 4.40 Å². The predicted octanol–water partition coefficient (Wildman–Crippen LogP) is 2.18. The van der Waals surface area contributed by atoms with E-state index in [-0.39, 0.29) is 5.41 Å². The molecule has 0 amide bonds. The van der Waals surface area contributed by atoms with Crippen molar-refractivity contribution in [3.05, 3.63) is 22.8 Å². The third kappa shape index (κ3) is 1.41. The van der Waals surface area contributed by atoms with Crippen molar-refractivity contribution in [2.45, 2.75) is 26.2 Å². The van der Waals surface area contributed by atoms with Gasteiger partial charge in [0.15, 0.2) is 10.3 Å². The van der Waals surface area contributed by atoms with Gasteiger partial charge < -0.3 is 0 Å². The fourth-order valence-corrected chi connectivity index (χ4v) is 1.70. The van der Waals surface area contributed by atoms with Crippen molar-refractivity contribution in [2.75, 3.05) is 0 Å². The van der Waals surface area contributed by atoms with E-state index in [0.717, 1.165) is 16.1 Å². The first-order valence-corrected chi connectivity index (χ1v) is 5.15. The summed E-state index contributed by atoms with van der Waals surface area (Å²) in [5.74, 6) is 0.940. The highest BCUT2D eigenvalue weighted by molar-refractivity contribution is 9.10. The van der Waals surface area contributed by atoms with E-state index in [1.807, 2.05) is 10.6 Å². The second-order valence-corrected chi connectivity index (χ2v) is 4.94. The molecule has 0 aromatic carbocycles. The molecule has 2 rings (SSSR count). The van der Waals surface area contributed by atoms with Crippen molar-refractivity contribution < 1.29 is 0 Å². The molecule has 2 aromatic rings. The summed E-state index contributed by atoms with van der Waals surface area (Å²) in [6.45, 7) is 6.33. The van der Waals surface area contributed by atoms with Crippen LogP contribution in [0.1, 0.15) is 26.6 Å². The van der Waals surface area contributed by atoms with Gasteiger partial charge in [0.1, 0.15) is 5.82 Å². The van der Waals surface area contributed by atoms with Crippen LogP contribution in [-0.4, -0.2) is 19.6 Å². The molecule has 0 fully saturated rings. The Labute approximate surface area is 90.5 Å². The fraction of sp³-hybridized carbons (Fsp3) is 0.444. The van der Waals surface area contributed by atoms with Crippen molar-refractivity contribution in [2.24, 2.45) is 0 Å². The topological polar surface area (TPSA) is 43.1 Å². The third-order valence-electron chi connectivity index (χ3n) is 1.95. The summed E-state index contributed by atoms with van der Waals surface area (Å²) in [4.78, 5) is 4.10. The Morgan fingerprint density at radius 3 is 2.64 bits per heavy atom. The van der Waals surface area contributed by atoms with Gasteiger partial charge in [-0.1, -0.05) is 20.8 Å². The quantitative estimate of drug-likeness (QED) is 0.724. The minimum Gasteiger partial charge on any atom is -0.282 e. The molecular weight excluding hydrogens is 244 g/mol. The fourth-order valence-electron chi connectivity index (χ4n) is 1.31. The molecule has 0 saturated carbocycles. The summed E-state index contributed by atoms with van der Waals surface area (Å²) < 4.78 is 2.68. The van der Waals surface area contributed by atoms with Crippen LogP contribution in [0.2, 0.25) is 0 Å². The summed E-state index contributed by atoms with van der Waals surface area (Å²) in [5, 5.41) is 8.26. The van der Waals surface area contributed by atoms with Gasteiger partial charge in [-0.25, -0.2) is 4.98 Å². The van der Waals surface area contributed by atoms with Crippen molar-refractivity contribution in [1.82, 2.24) is 19.6 Å². The minimum absolute atomic E-state index is 0.0137. The Morgan fingerprint density at radius 1 is 1.29 bits per heavy atom. The number of hydrogen-bond acceptors (Lipinski definition) is 3. The Morgan fingerprint density at radius 2 is 2.00 bits per heavy atom. The normalized spacial score (nSPS) is 12.3. The Balaban J connectivity index is 2.76. The van der Waals surface area contributed by atoms with Crippen molar-refractivity contribution >= 4 is 21.6 Å². The van der Waals surface area contributed by atoms with Crippen LogP contribution in [0.5, 0.6) is 0 Å². The predicted molar refractivity (Wildman–Crippen MR) is 57.2 cm³/mol. The van der Waals surface area contributed by atoms with Crippen LogP contribution in [-0.2, 0) is 5.41 Å². The maximum atomic E-state index is 4.17. The molecule has 0 atom stereocenters. The van der Waals surface area contributed by atoms with E-state index in [9.17, 15) is 0 Å². The van der Waals surface area contributed by atoms with Gasteiger partial charge in [-0.05, 0) is 15.9 Å². The van der Waals surface area contributed by atoms with E-state index >= 15 is 0 Å². The first-order chi connectivity index (χ1) is 6.50. The van der Waals surface area contributed by atoms with E-state index in [4.69, 9.17) is 0 Å². The number of halogens is 1. The van der Waals surface area contributed by atoms with Crippen LogP contribution in [0.25, 0.3) is 5.65 Å². The molecule has 5 heteroatoms. The number of aromatic nitrogens is 4. The summed E-state index contributed by atoms with van der Waals surface area (Å²) in [7, 11) is 0. The van der Waals surface area contributed by atoms with Crippen molar-refractivity contribution in [3.63, 3.8) is 0 Å². The standard InChI is InChI=1S/C9H11BrN4/c1-9(2,3)8-13-12-7-6(10)11-4-5-14(7)8/h4-5H,1-3H3. The minimum atomic E-state index is -0.0137. The highest BCUT2D eigenvalue weighted by atomic mass is 79.9. The van der Waals surface area contributed by atoms with Gasteiger partial charge in [0.05, 0.1) is 0 Å². The molecule has 0 aliphatic carbocycles. The van der Waals surface area contributed by atoms with Crippen LogP contribution >= 0.6 is 15.9 Å². The summed E-state index contributed by atoms with van der Waals surface area (Å²) in [6, 6.07) is 0. The molecule has 0 N–H and O–H groups in total. The summed E-state index contributed by atoms with van der Waals surface area (Å²) >= 11 is 3.34. The molecule has 0 aliphatic rings. The Hall–Kier alpha value is -0.970. The van der Waals surface area contributed by atoms with Crippen LogP contribution < -0.4 is 0 Å². The molecule has 14 heavy (non-hydrogen) atoms. The molecule has 4 nitrogen and oxygen atoms in total. The van der Waals surface area contributed by atoms with E-state index in [1.54, 1.807) is 6.20 Å². The van der Waals surface area contributed by atoms with Crippen molar-refractivity contribution in [3.8, 4) is 0 Å². The first-order valence-electron chi connectivity index (χ1n) is 4.36. The Bertz CT molecular complexity index is 469. The maximum Gasteiger partial charge on any atom is 0.194 e. The lowest BCUT2D eigenvalue weighted by molar-refractivity contribution is 0.538. The highest BCUT2D eigenvalue weighted by Crippen LogP contribution is 2.22. The molecule has 2 aromatic heterocycles. The zero-order valence-electron chi connectivity index (χ0n) is 8.32. The largest absolute Gasteiger partial charge is 0.282 e. The molecule has 0 unspecified atom stereocenters. The lowest BCUT2D eigenvalue weighted by Gasteiger charge is -2.15. The summed E-state index contributed by atoms with van der Waals surface area (Å²) in [5.41, 5.74) is 0.748. The van der Waals surface area contributed by atoms with E-state index in [2.05, 4.69) is 51.9 Å². The molecule has 0 bridgehead atoms. The Kier molecular flexibility index (Phi) is 2.06. The van der Waals surface area contributed by atoms with E-state index < -0.39 is 0 Å². The number of nitrogens with zero attached hydrogens (tertiary/aromatic N) is 4. The van der Waals surface area contributed by atoms with Gasteiger partial charge in [-0.15, -0.1) is 10.2 Å². The molecule has 74 valence electrons. The average Bonchev–Trinajstić information content (AvgIpc) is 2.47. The SMILES string of the molecule is CC(C)(C)c1nnc2c(Br)nccn12. The van der Waals surface area contributed by atoms with Crippen LogP contribution in [0.4, 0.5) is 0 Å². The number of fused-ring (bicyclic) bond motifs is 1. The van der Waals surface area contributed by atoms with E-state index in [0.29, 0.717) is 0 Å². The van der Waals surface area contributed by atoms with Gasteiger partial charge in [0.25, 0.3) is 0 Å². The zero-order chi connectivity index (χ0) is 10.3. The van der Waals surface area contributed by atoms with Gasteiger partial charge in [-0.2, -0.15) is 0 Å². The van der Waals surface area contributed by atoms with Gasteiger partial charge >= 0.3 is 0 Å². The second-order valence-electron chi connectivity index (χ2n) is 4.19. The molecule has 0 saturated heterocycles. The molecular formula is C9H11BrN4. The molecule has 0 aliphatic heterocycles. The highest BCUT2D eigenvalue weighted by Gasteiger charge is 2.21. The zero-order valence-corrected chi connectivity index (χ0v) is 9.91. The number of rotatable bonds is 0. The monoisotopic (exact) mass is 254 g/mol. The first kappa shape index (κ1) is 9.58. The number of hydrogen-bond donors (Lipinski definition) is 0. The molecule has 0 spiro atoms. The summed E-state index contributed by atoms with van der Waals surface area (Å²) in [6.07, 6.45) is 3.61. The second kappa shape index (κ2) is 3.02. The van der Waals surface area contributed by atoms with Crippen molar-refractivity contribution in [1.29, 1.82) is 0 Å². The van der Waals surface area contributed by atoms with Crippen LogP contribution in [0.3, 0.4) is 0 Å². The third-order valence-corrected chi connectivity index (χ3v) is 2.51. The maximum absolute atomic E-state index is 4.17. The lowest BCUT2D eigenvalue weighted by atomic mass is 9.96. The van der Waals surface area contributed by atoms with E-state index in [1.165, 1.54) is 0 Å². The van der Waals surface area contributed by atoms with Gasteiger partial charge in [0.2, 0.25) is 0 Å². The van der Waals surface area contributed by atoms with Gasteiger partial charge in [0, 0.05) is 17.8 Å². The average molecular weight is 255 g/mol. The lowest BCUT2D eigenvalue weighted by Crippen LogP contribution is -2.15. The smallest absolute Gasteiger partial charge is 0.194 e. The van der Waals surface area contributed by atoms with Crippen LogP contribution in [0, 0.1) is 0 Å².